The van der Waals surface area contributed by atoms with Gasteiger partial charge in [0.25, 0.3) is 0 Å². The van der Waals surface area contributed by atoms with Crippen molar-refractivity contribution in [1.29, 1.82) is 0 Å². The molecule has 0 aromatic heterocycles. The Kier molecular flexibility index (Phi) is 21.1. The molecule has 6 fully saturated rings. The van der Waals surface area contributed by atoms with Crippen LogP contribution in [0.25, 0.3) is 0 Å². The minimum Gasteiger partial charge on any atom is -0.497 e. The second-order valence-corrected chi connectivity index (χ2v) is 18.5. The molecule has 32 heteroatoms. The molecule has 6 heterocycles. The fourth-order valence-electron chi connectivity index (χ4n) is 9.39. The molecule has 19 N–H and O–H groups in total. The highest BCUT2D eigenvalue weighted by atomic mass is 16.8. The first-order valence-electron chi connectivity index (χ1n) is 23.8. The predicted molar refractivity (Wildman–Crippen MR) is 231 cm³/mol. The molecule has 0 aliphatic carbocycles. The van der Waals surface area contributed by atoms with Gasteiger partial charge in [0.05, 0.1) is 46.8 Å². The lowest BCUT2D eigenvalue weighted by Gasteiger charge is -2.49. The molecule has 0 bridgehead atoms. The van der Waals surface area contributed by atoms with Crippen LogP contribution >= 0.6 is 0 Å². The number of hydrogen-bond donors (Lipinski definition) is 19. The Morgan fingerprint density at radius 2 is 0.520 bits per heavy atom. The van der Waals surface area contributed by atoms with E-state index in [9.17, 15) is 97.0 Å². The molecule has 6 aliphatic heterocycles. The van der Waals surface area contributed by atoms with E-state index in [1.165, 1.54) is 19.2 Å². The van der Waals surface area contributed by atoms with Gasteiger partial charge in [-0.05, 0) is 24.3 Å². The Balaban J connectivity index is 0.947. The first kappa shape index (κ1) is 60.3. The van der Waals surface area contributed by atoms with Gasteiger partial charge in [-0.3, -0.25) is 0 Å². The van der Waals surface area contributed by atoms with Gasteiger partial charge >= 0.3 is 0 Å². The van der Waals surface area contributed by atoms with Crippen molar-refractivity contribution in [3.05, 3.63) is 24.3 Å². The zero-order valence-electron chi connectivity index (χ0n) is 39.7. The molecular formula is C43H68O32. The molecule has 0 unspecified atom stereocenters. The van der Waals surface area contributed by atoms with Gasteiger partial charge in [-0.2, -0.15) is 0 Å². The highest BCUT2D eigenvalue weighted by molar-refractivity contribution is 5.31. The Morgan fingerprint density at radius 1 is 0.293 bits per heavy atom. The van der Waals surface area contributed by atoms with E-state index in [2.05, 4.69) is 0 Å². The third-order valence-corrected chi connectivity index (χ3v) is 13.7. The topological polar surface area (TPSA) is 504 Å². The molecule has 1 aromatic rings. The molecule has 0 amide bonds. The van der Waals surface area contributed by atoms with Crippen LogP contribution in [0.3, 0.4) is 0 Å². The van der Waals surface area contributed by atoms with Crippen molar-refractivity contribution in [2.24, 2.45) is 0 Å². The number of ether oxygens (including phenoxy) is 13. The van der Waals surface area contributed by atoms with Gasteiger partial charge in [0.15, 0.2) is 31.5 Å². The van der Waals surface area contributed by atoms with E-state index in [0.717, 1.165) is 0 Å². The summed E-state index contributed by atoms with van der Waals surface area (Å²) in [6, 6.07) is 6.08. The summed E-state index contributed by atoms with van der Waals surface area (Å²) >= 11 is 0. The van der Waals surface area contributed by atoms with Crippen molar-refractivity contribution in [3.63, 3.8) is 0 Å². The van der Waals surface area contributed by atoms with Crippen LogP contribution in [0.5, 0.6) is 11.5 Å². The number of benzene rings is 1. The number of rotatable bonds is 19. The number of aliphatic hydroxyl groups is 19. The first-order chi connectivity index (χ1) is 35.7. The Bertz CT molecular complexity index is 1870. The summed E-state index contributed by atoms with van der Waals surface area (Å²) in [4.78, 5) is 0. The SMILES string of the molecule is COc1ccc(O[C@@H]2O[C@H](CO)[C@H](O[C@@H]3O[C@H](CO)[C@H](O[C@@H]4O[C@H](CO)[C@H](O[C@@H]5O[C@H](CO)[C@H](O[C@@H]6O[C@H](CO)[C@H](O[C@@H]7O[C@H](CO)[C@H](O)[C@H](O)[C@H]7O)[C@H](O)[C@H]6O)[C@H](O)[C@H]5O)[C@H](O)[C@H]4O)[C@H](O)[C@H]3O)[C@H](O)[C@H]2O)cc1. The number of aliphatic hydroxyl groups excluding tert-OH is 19. The van der Waals surface area contributed by atoms with E-state index < -0.39 is 224 Å². The van der Waals surface area contributed by atoms with Gasteiger partial charge in [-0.15, -0.1) is 0 Å². The van der Waals surface area contributed by atoms with E-state index in [4.69, 9.17) is 61.6 Å². The highest BCUT2D eigenvalue weighted by Crippen LogP contribution is 2.37. The molecular weight excluding hydrogens is 1030 g/mol. The van der Waals surface area contributed by atoms with Gasteiger partial charge in [-0.25, -0.2) is 0 Å². The maximum Gasteiger partial charge on any atom is 0.229 e. The van der Waals surface area contributed by atoms with E-state index in [-0.39, 0.29) is 5.75 Å². The van der Waals surface area contributed by atoms with Gasteiger partial charge in [0, 0.05) is 0 Å². The highest BCUT2D eigenvalue weighted by Gasteiger charge is 2.57. The summed E-state index contributed by atoms with van der Waals surface area (Å²) in [6.07, 6.45) is -56.0. The summed E-state index contributed by atoms with van der Waals surface area (Å²) in [5, 5.41) is 203. The standard InChI is InChI=1S/C43H68O32/c1-63-12-2-4-13(5-3-12)64-38-28(58)22(52)33(15(7-45)66-38)72-40-30(60)24(54)35(17(9-47)68-40)74-42-32(62)26(56)37(19(11-49)70-42)75-43-31(61)25(55)36(18(10-48)69-43)73-41-29(59)23(53)34(16(8-46)67-41)71-39-27(57)21(51)20(50)14(6-44)65-39/h2-5,14-62H,6-11H2,1H3/t14-,15-,16-,17-,18-,19-,20+,21+,22-,23-,24-,25-,26-,27-,28-,29-,30-,31-,32-,33+,34+,35+,36+,37+,38-,39+,40+,41+,42+,43+/m1/s1. The molecule has 6 aliphatic rings. The molecule has 432 valence electrons. The Morgan fingerprint density at radius 3 is 0.787 bits per heavy atom. The smallest absolute Gasteiger partial charge is 0.229 e. The molecule has 0 saturated carbocycles. The quantitative estimate of drug-likeness (QED) is 0.0612. The first-order valence-corrected chi connectivity index (χ1v) is 23.8. The summed E-state index contributed by atoms with van der Waals surface area (Å²) in [7, 11) is 1.45. The van der Waals surface area contributed by atoms with Crippen molar-refractivity contribution in [1.82, 2.24) is 0 Å². The molecule has 1 aromatic carbocycles. The molecule has 0 radical (unpaired) electrons. The molecule has 32 nitrogen and oxygen atoms in total. The predicted octanol–water partition coefficient (Wildman–Crippen LogP) is -12.0. The van der Waals surface area contributed by atoms with Crippen LogP contribution in [0.1, 0.15) is 0 Å². The Hall–Kier alpha value is -2.38. The molecule has 75 heavy (non-hydrogen) atoms. The number of methoxy groups -OCH3 is 1. The zero-order valence-corrected chi connectivity index (χ0v) is 39.7. The average molecular weight is 1100 g/mol. The van der Waals surface area contributed by atoms with Crippen LogP contribution in [0.4, 0.5) is 0 Å². The van der Waals surface area contributed by atoms with Crippen LogP contribution in [-0.2, 0) is 52.1 Å². The van der Waals surface area contributed by atoms with Gasteiger partial charge in [0.2, 0.25) is 6.29 Å². The van der Waals surface area contributed by atoms with E-state index in [1.54, 1.807) is 12.1 Å². The molecule has 0 spiro atoms. The third-order valence-electron chi connectivity index (χ3n) is 13.7. The fraction of sp³-hybridized carbons (Fsp3) is 0.860. The molecule has 6 saturated heterocycles. The van der Waals surface area contributed by atoms with Crippen molar-refractivity contribution in [2.45, 2.75) is 184 Å². The Labute approximate surface area is 424 Å². The summed E-state index contributed by atoms with van der Waals surface area (Å²) < 4.78 is 72.5. The lowest BCUT2D eigenvalue weighted by atomic mass is 9.95. The minimum atomic E-state index is -2.18. The van der Waals surface area contributed by atoms with Crippen LogP contribution in [-0.4, -0.2) is 328 Å². The van der Waals surface area contributed by atoms with Gasteiger partial charge in [0.1, 0.15) is 158 Å². The second kappa shape index (κ2) is 26.3. The third kappa shape index (κ3) is 12.7. The summed E-state index contributed by atoms with van der Waals surface area (Å²) in [5.74, 6) is 0.687. The van der Waals surface area contributed by atoms with Crippen molar-refractivity contribution >= 4 is 0 Å². The molecule has 7 rings (SSSR count). The van der Waals surface area contributed by atoms with Crippen LogP contribution in [0.2, 0.25) is 0 Å². The monoisotopic (exact) mass is 1100 g/mol. The summed E-state index contributed by atoms with van der Waals surface area (Å²) in [5.41, 5.74) is 0. The maximum atomic E-state index is 11.3. The van der Waals surface area contributed by atoms with Crippen LogP contribution < -0.4 is 9.47 Å². The van der Waals surface area contributed by atoms with Crippen LogP contribution in [0.15, 0.2) is 24.3 Å². The maximum absolute atomic E-state index is 11.3. The van der Waals surface area contributed by atoms with E-state index >= 15 is 0 Å². The van der Waals surface area contributed by atoms with E-state index in [1.807, 2.05) is 0 Å². The molecule has 30 atom stereocenters. The lowest BCUT2D eigenvalue weighted by molar-refractivity contribution is -0.395. The van der Waals surface area contributed by atoms with Gasteiger partial charge < -0.3 is 159 Å². The second-order valence-electron chi connectivity index (χ2n) is 18.5. The lowest BCUT2D eigenvalue weighted by Crippen LogP contribution is -2.68. The fourth-order valence-corrected chi connectivity index (χ4v) is 9.39. The van der Waals surface area contributed by atoms with Crippen LogP contribution in [0, 0.1) is 0 Å². The average Bonchev–Trinajstić information content (AvgIpc) is 3.41. The van der Waals surface area contributed by atoms with Gasteiger partial charge in [-0.1, -0.05) is 0 Å². The normalized spacial score (nSPS) is 48.8. The van der Waals surface area contributed by atoms with E-state index in [0.29, 0.717) is 5.75 Å². The summed E-state index contributed by atoms with van der Waals surface area (Å²) in [6.45, 7) is -5.64. The van der Waals surface area contributed by atoms with Crippen molar-refractivity contribution in [3.8, 4) is 11.5 Å². The van der Waals surface area contributed by atoms with Crippen molar-refractivity contribution < 1.29 is 159 Å². The minimum absolute atomic E-state index is 0.193. The largest absolute Gasteiger partial charge is 0.497 e. The zero-order chi connectivity index (χ0) is 54.7. The van der Waals surface area contributed by atoms with Crippen molar-refractivity contribution in [2.75, 3.05) is 46.8 Å². The number of hydrogen-bond acceptors (Lipinski definition) is 32.